The number of ether oxygens (including phenoxy) is 2. The molecule has 5 nitrogen and oxygen atoms in total. The van der Waals surface area contributed by atoms with E-state index in [4.69, 9.17) is 9.47 Å². The van der Waals surface area contributed by atoms with Crippen LogP contribution in [0.1, 0.15) is 18.4 Å². The molecule has 1 aliphatic heterocycles. The van der Waals surface area contributed by atoms with Gasteiger partial charge < -0.3 is 9.47 Å². The summed E-state index contributed by atoms with van der Waals surface area (Å²) in [4.78, 5) is 27.6. The van der Waals surface area contributed by atoms with Gasteiger partial charge in [-0.25, -0.2) is 0 Å². The average Bonchev–Trinajstić information content (AvgIpc) is 2.90. The number of hydrogen-bond acceptors (Lipinski definition) is 5. The van der Waals surface area contributed by atoms with Crippen molar-refractivity contribution in [3.63, 3.8) is 0 Å². The van der Waals surface area contributed by atoms with E-state index in [9.17, 15) is 9.59 Å². The molecule has 0 spiro atoms. The molecule has 0 N–H and O–H groups in total. The van der Waals surface area contributed by atoms with Crippen molar-refractivity contribution >= 4 is 27.5 Å². The van der Waals surface area contributed by atoms with Gasteiger partial charge in [-0.05, 0) is 23.3 Å². The van der Waals surface area contributed by atoms with Gasteiger partial charge in [-0.2, -0.15) is 0 Å². The lowest BCUT2D eigenvalue weighted by atomic mass is 9.98. The van der Waals surface area contributed by atoms with Crippen molar-refractivity contribution in [2.24, 2.45) is 0 Å². The van der Waals surface area contributed by atoms with Gasteiger partial charge in [-0.3, -0.25) is 14.5 Å². The number of morpholine rings is 1. The van der Waals surface area contributed by atoms with Gasteiger partial charge in [-0.15, -0.1) is 0 Å². The van der Waals surface area contributed by atoms with Gasteiger partial charge in [0.2, 0.25) is 0 Å². The summed E-state index contributed by atoms with van der Waals surface area (Å²) in [6, 6.07) is 17.1. The normalized spacial score (nSPS) is 16.0. The van der Waals surface area contributed by atoms with Crippen LogP contribution in [-0.2, 0) is 14.3 Å². The molecular weight excluding hydrogens is 366 g/mol. The molecule has 1 aliphatic rings. The summed E-state index contributed by atoms with van der Waals surface area (Å²) >= 11 is 0. The van der Waals surface area contributed by atoms with Crippen molar-refractivity contribution < 1.29 is 14.3 Å². The second-order valence-electron chi connectivity index (χ2n) is 7.44. The first-order chi connectivity index (χ1) is 14.1. The molecule has 4 rings (SSSR count). The lowest BCUT2D eigenvalue weighted by Crippen LogP contribution is -2.38. The van der Waals surface area contributed by atoms with Gasteiger partial charge in [0.1, 0.15) is 6.61 Å². The fourth-order valence-electron chi connectivity index (χ4n) is 3.73. The van der Waals surface area contributed by atoms with E-state index in [0.29, 0.717) is 17.4 Å². The third-order valence-corrected chi connectivity index (χ3v) is 5.58. The van der Waals surface area contributed by atoms with Crippen molar-refractivity contribution in [2.75, 3.05) is 39.5 Å². The zero-order valence-corrected chi connectivity index (χ0v) is 16.6. The number of fused-ring (bicyclic) bond motifs is 2. The largest absolute Gasteiger partial charge is 0.464 e. The van der Waals surface area contributed by atoms with Crippen LogP contribution in [0.3, 0.4) is 0 Å². The number of rotatable bonds is 5. The molecule has 29 heavy (non-hydrogen) atoms. The molecule has 0 radical (unpaired) electrons. The molecule has 150 valence electrons. The fourth-order valence-corrected chi connectivity index (χ4v) is 3.73. The molecule has 3 aromatic carbocycles. The first kappa shape index (κ1) is 19.6. The highest BCUT2D eigenvalue weighted by Crippen LogP contribution is 2.22. The topological polar surface area (TPSA) is 55.8 Å². The predicted molar refractivity (Wildman–Crippen MR) is 114 cm³/mol. The number of nitrogens with zero attached hydrogens (tertiary/aromatic N) is 1. The number of esters is 1. The Morgan fingerprint density at radius 1 is 1.03 bits per heavy atom. The van der Waals surface area contributed by atoms with Gasteiger partial charge in [0.15, 0.2) is 5.43 Å². The first-order valence-corrected chi connectivity index (χ1v) is 10.1. The maximum Gasteiger partial charge on any atom is 0.313 e. The van der Waals surface area contributed by atoms with Crippen molar-refractivity contribution in [1.82, 2.24) is 4.90 Å². The summed E-state index contributed by atoms with van der Waals surface area (Å²) in [5.74, 6) is -0.635. The van der Waals surface area contributed by atoms with Crippen LogP contribution in [0.4, 0.5) is 0 Å². The molecule has 1 heterocycles. The molecule has 0 amide bonds. The molecule has 0 aliphatic carbocycles. The van der Waals surface area contributed by atoms with Gasteiger partial charge in [0.05, 0.1) is 19.1 Å². The van der Waals surface area contributed by atoms with Crippen LogP contribution in [0.2, 0.25) is 0 Å². The molecule has 0 bridgehead atoms. The van der Waals surface area contributed by atoms with E-state index in [2.05, 4.69) is 4.90 Å². The van der Waals surface area contributed by atoms with Crippen molar-refractivity contribution in [3.8, 4) is 0 Å². The summed E-state index contributed by atoms with van der Waals surface area (Å²) in [6.45, 7) is 6.16. The smallest absolute Gasteiger partial charge is 0.313 e. The van der Waals surface area contributed by atoms with Gasteiger partial charge in [0.25, 0.3) is 0 Å². The fraction of sp³-hybridized carbons (Fsp3) is 0.333. The first-order valence-electron chi connectivity index (χ1n) is 10.1. The number of benzene rings is 2. The van der Waals surface area contributed by atoms with Gasteiger partial charge in [0, 0.05) is 30.4 Å². The van der Waals surface area contributed by atoms with Crippen molar-refractivity contribution in [2.45, 2.75) is 12.8 Å². The maximum absolute atomic E-state index is 12.9. The molecule has 5 heteroatoms. The summed E-state index contributed by atoms with van der Waals surface area (Å²) in [7, 11) is 0. The predicted octanol–water partition coefficient (Wildman–Crippen LogP) is 3.33. The van der Waals surface area contributed by atoms with E-state index < -0.39 is 0 Å². The van der Waals surface area contributed by atoms with E-state index in [0.717, 1.165) is 49.2 Å². The SMILES string of the molecule is CC(C(=O)OCCN1CCOCC1)c1ccc2c(=O)c3ccccc3ccc2c1. The monoisotopic (exact) mass is 391 g/mol. The second-order valence-corrected chi connectivity index (χ2v) is 7.44. The summed E-state index contributed by atoms with van der Waals surface area (Å²) in [5.41, 5.74) is 0.858. The Hall–Kier alpha value is -2.76. The third kappa shape index (κ3) is 4.31. The van der Waals surface area contributed by atoms with Gasteiger partial charge >= 0.3 is 5.97 Å². The van der Waals surface area contributed by atoms with Crippen LogP contribution in [0.5, 0.6) is 0 Å². The van der Waals surface area contributed by atoms with Crippen molar-refractivity contribution in [3.05, 3.63) is 70.4 Å². The molecule has 0 aromatic heterocycles. The third-order valence-electron chi connectivity index (χ3n) is 5.58. The standard InChI is InChI=1S/C24H25NO4/c1-17(24(27)29-15-12-25-10-13-28-14-11-25)19-8-9-22-20(16-19)7-6-18-4-2-3-5-21(18)23(22)26/h2-9,16-17H,10-15H2,1H3. The Balaban J connectivity index is 1.51. The lowest BCUT2D eigenvalue weighted by Gasteiger charge is -2.26. The highest BCUT2D eigenvalue weighted by Gasteiger charge is 2.18. The van der Waals surface area contributed by atoms with E-state index in [1.165, 1.54) is 0 Å². The van der Waals surface area contributed by atoms with Crippen LogP contribution in [0.25, 0.3) is 21.5 Å². The van der Waals surface area contributed by atoms with Crippen molar-refractivity contribution in [1.29, 1.82) is 0 Å². The minimum atomic E-state index is -0.390. The maximum atomic E-state index is 12.9. The Morgan fingerprint density at radius 2 is 1.76 bits per heavy atom. The quantitative estimate of drug-likeness (QED) is 0.625. The van der Waals surface area contributed by atoms with Gasteiger partial charge in [-0.1, -0.05) is 54.6 Å². The van der Waals surface area contributed by atoms with Crippen LogP contribution in [0, 0.1) is 0 Å². The van der Waals surface area contributed by atoms with E-state index in [1.54, 1.807) is 0 Å². The Kier molecular flexibility index (Phi) is 5.88. The Morgan fingerprint density at radius 3 is 2.59 bits per heavy atom. The van der Waals surface area contributed by atoms with E-state index >= 15 is 0 Å². The zero-order chi connectivity index (χ0) is 20.2. The molecule has 1 fully saturated rings. The summed E-state index contributed by atoms with van der Waals surface area (Å²) in [6.07, 6.45) is 0. The molecule has 3 aromatic rings. The minimum Gasteiger partial charge on any atom is -0.464 e. The lowest BCUT2D eigenvalue weighted by molar-refractivity contribution is -0.145. The average molecular weight is 391 g/mol. The molecule has 1 unspecified atom stereocenters. The number of carbonyl (C=O) groups excluding carboxylic acids is 1. The summed E-state index contributed by atoms with van der Waals surface area (Å²) < 4.78 is 10.8. The molecule has 1 atom stereocenters. The molecule has 1 saturated heterocycles. The summed E-state index contributed by atoms with van der Waals surface area (Å²) in [5, 5.41) is 3.09. The van der Waals surface area contributed by atoms with E-state index in [1.807, 2.05) is 61.5 Å². The Bertz CT molecular complexity index is 1090. The molecule has 0 saturated carbocycles. The Labute approximate surface area is 169 Å². The zero-order valence-electron chi connectivity index (χ0n) is 16.6. The van der Waals surface area contributed by atoms with Crippen LogP contribution >= 0.6 is 0 Å². The minimum absolute atomic E-state index is 0.00731. The number of hydrogen-bond donors (Lipinski definition) is 0. The van der Waals surface area contributed by atoms with E-state index in [-0.39, 0.29) is 17.3 Å². The molecular formula is C24H25NO4. The van der Waals surface area contributed by atoms with Crippen LogP contribution in [-0.4, -0.2) is 50.3 Å². The van der Waals surface area contributed by atoms with Crippen LogP contribution in [0.15, 0.2) is 59.4 Å². The highest BCUT2D eigenvalue weighted by atomic mass is 16.5. The highest BCUT2D eigenvalue weighted by molar-refractivity contribution is 5.94. The van der Waals surface area contributed by atoms with Crippen LogP contribution < -0.4 is 5.43 Å². The second kappa shape index (κ2) is 8.72. The number of carbonyl (C=O) groups is 1.